The van der Waals surface area contributed by atoms with Crippen LogP contribution in [0.5, 0.6) is 5.75 Å². The number of hydrogen-bond acceptors (Lipinski definition) is 3. The Bertz CT molecular complexity index is 943. The Labute approximate surface area is 159 Å². The van der Waals surface area contributed by atoms with Gasteiger partial charge in [0.15, 0.2) is 0 Å². The first kappa shape index (κ1) is 20.1. The van der Waals surface area contributed by atoms with Crippen molar-refractivity contribution >= 4 is 21.6 Å². The number of para-hydroxylation sites is 1. The highest BCUT2D eigenvalue weighted by molar-refractivity contribution is 7.89. The van der Waals surface area contributed by atoms with Crippen LogP contribution < -0.4 is 9.46 Å². The zero-order valence-electron chi connectivity index (χ0n) is 14.5. The van der Waals surface area contributed by atoms with Gasteiger partial charge < -0.3 is 4.74 Å². The first-order valence-electron chi connectivity index (χ1n) is 7.98. The van der Waals surface area contributed by atoms with Gasteiger partial charge in [-0.05, 0) is 42.7 Å². The molecule has 0 heterocycles. The molecule has 0 saturated carbocycles. The van der Waals surface area contributed by atoms with Crippen LogP contribution in [-0.2, 0) is 16.4 Å². The van der Waals surface area contributed by atoms with Crippen molar-refractivity contribution in [3.8, 4) is 17.6 Å². The Morgan fingerprint density at radius 3 is 2.73 bits per heavy atom. The van der Waals surface area contributed by atoms with Gasteiger partial charge in [0.05, 0.1) is 11.4 Å². The summed E-state index contributed by atoms with van der Waals surface area (Å²) in [5, 5.41) is 0.408. The highest BCUT2D eigenvalue weighted by atomic mass is 35.5. The van der Waals surface area contributed by atoms with E-state index >= 15 is 0 Å². The lowest BCUT2D eigenvalue weighted by atomic mass is 10.1. The van der Waals surface area contributed by atoms with Gasteiger partial charge in [-0.3, -0.25) is 0 Å². The number of hydrogen-bond donors (Lipinski definition) is 1. The Kier molecular flexibility index (Phi) is 7.28. The molecule has 0 aliphatic rings. The predicted molar refractivity (Wildman–Crippen MR) is 105 cm³/mol. The second-order valence-corrected chi connectivity index (χ2v) is 7.57. The van der Waals surface area contributed by atoms with Crippen LogP contribution in [-0.4, -0.2) is 21.6 Å². The molecule has 0 aliphatic heterocycles. The smallest absolute Gasteiger partial charge is 0.241 e. The van der Waals surface area contributed by atoms with Crippen molar-refractivity contribution in [3.63, 3.8) is 0 Å². The first-order chi connectivity index (χ1) is 12.5. The van der Waals surface area contributed by atoms with Crippen LogP contribution >= 0.6 is 11.6 Å². The lowest BCUT2D eigenvalue weighted by Crippen LogP contribution is -2.24. The molecule has 0 bridgehead atoms. The van der Waals surface area contributed by atoms with Crippen molar-refractivity contribution in [2.75, 3.05) is 13.2 Å². The van der Waals surface area contributed by atoms with E-state index in [1.54, 1.807) is 25.1 Å². The van der Waals surface area contributed by atoms with E-state index in [1.807, 2.05) is 24.3 Å². The fraction of sp³-hybridized carbons (Fsp3) is 0.200. The summed E-state index contributed by atoms with van der Waals surface area (Å²) < 4.78 is 32.7. The van der Waals surface area contributed by atoms with E-state index in [0.717, 1.165) is 11.3 Å². The molecule has 4 nitrogen and oxygen atoms in total. The largest absolute Gasteiger partial charge is 0.481 e. The molecule has 0 saturated heterocycles. The first-order valence-corrected chi connectivity index (χ1v) is 9.84. The Hall–Kier alpha value is -2.26. The highest BCUT2D eigenvalue weighted by Gasteiger charge is 2.16. The molecule has 0 atom stereocenters. The standard InChI is InChI=1S/C20H20ClNO3S/c1-3-9-17-10-4-5-12-19(17)25-15-7-6-14-22-26(23,24)20-13-8-11-18(21)16(20)2/h3-5,8,10-13,22H,1,9,14-15H2,2H3. The average molecular weight is 390 g/mol. The molecule has 0 spiro atoms. The van der Waals surface area contributed by atoms with E-state index in [4.69, 9.17) is 16.3 Å². The quantitative estimate of drug-likeness (QED) is 0.579. The normalized spacial score (nSPS) is 10.7. The van der Waals surface area contributed by atoms with Crippen LogP contribution in [0.2, 0.25) is 5.02 Å². The topological polar surface area (TPSA) is 55.4 Å². The summed E-state index contributed by atoms with van der Waals surface area (Å²) >= 11 is 5.97. The van der Waals surface area contributed by atoms with E-state index in [-0.39, 0.29) is 18.0 Å². The summed E-state index contributed by atoms with van der Waals surface area (Å²) in [6.07, 6.45) is 2.52. The van der Waals surface area contributed by atoms with E-state index in [0.29, 0.717) is 17.0 Å². The lowest BCUT2D eigenvalue weighted by Gasteiger charge is -2.08. The maximum absolute atomic E-state index is 12.3. The molecule has 0 aromatic heterocycles. The third-order valence-corrected chi connectivity index (χ3v) is 5.57. The van der Waals surface area contributed by atoms with E-state index in [2.05, 4.69) is 23.1 Å². The number of allylic oxidation sites excluding steroid dienone is 1. The molecule has 2 aromatic carbocycles. The lowest BCUT2D eigenvalue weighted by molar-refractivity contribution is 0.366. The second kappa shape index (κ2) is 9.44. The maximum atomic E-state index is 12.3. The minimum Gasteiger partial charge on any atom is -0.481 e. The highest BCUT2D eigenvalue weighted by Crippen LogP contribution is 2.22. The van der Waals surface area contributed by atoms with E-state index < -0.39 is 10.0 Å². The van der Waals surface area contributed by atoms with Gasteiger partial charge in [0.25, 0.3) is 0 Å². The van der Waals surface area contributed by atoms with Gasteiger partial charge >= 0.3 is 0 Å². The molecule has 0 amide bonds. The number of halogens is 1. The Morgan fingerprint density at radius 2 is 1.96 bits per heavy atom. The van der Waals surface area contributed by atoms with Crippen molar-refractivity contribution in [1.82, 2.24) is 4.72 Å². The summed E-state index contributed by atoms with van der Waals surface area (Å²) in [7, 11) is -3.66. The van der Waals surface area contributed by atoms with Crippen molar-refractivity contribution < 1.29 is 13.2 Å². The fourth-order valence-electron chi connectivity index (χ4n) is 2.28. The molecule has 136 valence electrons. The third-order valence-electron chi connectivity index (χ3n) is 3.62. The second-order valence-electron chi connectivity index (χ2n) is 5.43. The number of nitrogens with one attached hydrogen (secondary N) is 1. The molecule has 6 heteroatoms. The van der Waals surface area contributed by atoms with Crippen molar-refractivity contribution in [1.29, 1.82) is 0 Å². The van der Waals surface area contributed by atoms with Crippen molar-refractivity contribution in [2.24, 2.45) is 0 Å². The molecule has 2 aromatic rings. The number of rotatable bonds is 7. The molecular formula is C20H20ClNO3S. The summed E-state index contributed by atoms with van der Waals surface area (Å²) in [5.41, 5.74) is 1.54. The van der Waals surface area contributed by atoms with Gasteiger partial charge in [-0.25, -0.2) is 8.42 Å². The summed E-state index contributed by atoms with van der Waals surface area (Å²) in [6.45, 7) is 5.55. The number of sulfonamides is 1. The van der Waals surface area contributed by atoms with Crippen LogP contribution in [0.1, 0.15) is 11.1 Å². The minimum absolute atomic E-state index is 0.00798. The number of ether oxygens (including phenoxy) is 1. The van der Waals surface area contributed by atoms with E-state index in [9.17, 15) is 8.42 Å². The van der Waals surface area contributed by atoms with Gasteiger partial charge in [0, 0.05) is 5.02 Å². The summed E-state index contributed by atoms with van der Waals surface area (Å²) in [5.74, 6) is 6.30. The Balaban J connectivity index is 1.91. The zero-order valence-corrected chi connectivity index (χ0v) is 16.0. The van der Waals surface area contributed by atoms with Crippen LogP contribution in [0, 0.1) is 18.8 Å². The van der Waals surface area contributed by atoms with E-state index in [1.165, 1.54) is 6.07 Å². The van der Waals surface area contributed by atoms with Crippen LogP contribution in [0.3, 0.4) is 0 Å². The average Bonchev–Trinajstić information content (AvgIpc) is 2.61. The van der Waals surface area contributed by atoms with Gasteiger partial charge in [-0.2, -0.15) is 4.72 Å². The van der Waals surface area contributed by atoms with Crippen molar-refractivity contribution in [2.45, 2.75) is 18.2 Å². The maximum Gasteiger partial charge on any atom is 0.241 e. The molecular weight excluding hydrogens is 370 g/mol. The van der Waals surface area contributed by atoms with Crippen molar-refractivity contribution in [3.05, 3.63) is 71.3 Å². The molecule has 0 unspecified atom stereocenters. The van der Waals surface area contributed by atoms with Crippen LogP contribution in [0.15, 0.2) is 60.0 Å². The third kappa shape index (κ3) is 5.37. The molecule has 0 aliphatic carbocycles. The fourth-order valence-corrected chi connectivity index (χ4v) is 3.70. The van der Waals surface area contributed by atoms with Gasteiger partial charge in [0.2, 0.25) is 10.0 Å². The molecule has 0 radical (unpaired) electrons. The summed E-state index contributed by atoms with van der Waals surface area (Å²) in [4.78, 5) is 0.154. The van der Waals surface area contributed by atoms with Crippen LogP contribution in [0.4, 0.5) is 0 Å². The van der Waals surface area contributed by atoms with Gasteiger partial charge in [-0.1, -0.05) is 53.8 Å². The predicted octanol–water partition coefficient (Wildman–Crippen LogP) is 3.74. The number of benzene rings is 2. The minimum atomic E-state index is -3.66. The molecule has 2 rings (SSSR count). The molecule has 26 heavy (non-hydrogen) atoms. The Morgan fingerprint density at radius 1 is 1.19 bits per heavy atom. The molecule has 1 N–H and O–H groups in total. The SMILES string of the molecule is C=CCc1ccccc1OCC#CCNS(=O)(=O)c1cccc(Cl)c1C. The zero-order chi connectivity index (χ0) is 19.0. The summed E-state index contributed by atoms with van der Waals surface area (Å²) in [6, 6.07) is 12.4. The molecule has 0 fully saturated rings. The van der Waals surface area contributed by atoms with Gasteiger partial charge in [0.1, 0.15) is 12.4 Å². The monoisotopic (exact) mass is 389 g/mol. The van der Waals surface area contributed by atoms with Crippen LogP contribution in [0.25, 0.3) is 0 Å². The van der Waals surface area contributed by atoms with Gasteiger partial charge in [-0.15, -0.1) is 6.58 Å².